The first-order valence-corrected chi connectivity index (χ1v) is 9.66. The number of anilines is 1. The predicted octanol–water partition coefficient (Wildman–Crippen LogP) is 0.782. The third-order valence-corrected chi connectivity index (χ3v) is 6.65. The number of carbonyl (C=O) groups excluding carboxylic acids is 1. The Balaban J connectivity index is 1.61. The fraction of sp³-hybridized carbons (Fsp3) is 0.562. The molecule has 0 N–H and O–H groups in total. The molecule has 2 fully saturated rings. The van der Waals surface area contributed by atoms with Gasteiger partial charge >= 0.3 is 0 Å². The van der Waals surface area contributed by atoms with E-state index in [0.29, 0.717) is 18.7 Å². The Bertz CT molecular complexity index is 660. The Morgan fingerprint density at radius 3 is 2.35 bits per heavy atom. The Kier molecular flexibility index (Phi) is 4.59. The van der Waals surface area contributed by atoms with Crippen LogP contribution in [0.4, 0.5) is 5.69 Å². The number of morpholine rings is 1. The minimum absolute atomic E-state index is 0.0962. The highest BCUT2D eigenvalue weighted by Gasteiger charge is 2.38. The zero-order valence-electron chi connectivity index (χ0n) is 13.3. The van der Waals surface area contributed by atoms with Crippen LogP contribution in [0.5, 0.6) is 0 Å². The van der Waals surface area contributed by atoms with Gasteiger partial charge < -0.3 is 14.5 Å². The van der Waals surface area contributed by atoms with Crippen LogP contribution in [0.25, 0.3) is 0 Å². The van der Waals surface area contributed by atoms with E-state index in [1.165, 1.54) is 0 Å². The zero-order chi connectivity index (χ0) is 16.4. The van der Waals surface area contributed by atoms with Crippen LogP contribution in [-0.2, 0) is 14.6 Å². The molecule has 2 heterocycles. The molecule has 0 aromatic heterocycles. The summed E-state index contributed by atoms with van der Waals surface area (Å²) in [5, 5.41) is -0.399. The van der Waals surface area contributed by atoms with Crippen molar-refractivity contribution in [1.82, 2.24) is 4.90 Å². The van der Waals surface area contributed by atoms with Crippen molar-refractivity contribution in [2.75, 3.05) is 50.0 Å². The number of likely N-dealkylation sites (tertiary alicyclic amines) is 1. The van der Waals surface area contributed by atoms with Crippen LogP contribution in [-0.4, -0.2) is 69.6 Å². The Hall–Kier alpha value is -1.60. The second kappa shape index (κ2) is 6.49. The van der Waals surface area contributed by atoms with Gasteiger partial charge in [0.15, 0.2) is 9.84 Å². The van der Waals surface area contributed by atoms with Gasteiger partial charge in [-0.3, -0.25) is 4.79 Å². The number of sulfone groups is 1. The van der Waals surface area contributed by atoms with Crippen LogP contribution in [0, 0.1) is 0 Å². The summed E-state index contributed by atoms with van der Waals surface area (Å²) in [5.74, 6) is 0.0367. The van der Waals surface area contributed by atoms with Crippen molar-refractivity contribution in [1.29, 1.82) is 0 Å². The lowest BCUT2D eigenvalue weighted by atomic mass is 10.1. The molecular formula is C16H22N2O4S. The van der Waals surface area contributed by atoms with Crippen molar-refractivity contribution in [3.05, 3.63) is 29.8 Å². The molecule has 2 aliphatic heterocycles. The number of hydrogen-bond acceptors (Lipinski definition) is 5. The van der Waals surface area contributed by atoms with Gasteiger partial charge in [0, 0.05) is 43.2 Å². The second-order valence-electron chi connectivity index (χ2n) is 5.93. The maximum absolute atomic E-state index is 12.4. The SMILES string of the molecule is CCS(=O)(=O)C1CN(C(=O)c2ccc(N3CCOCC3)cc2)C1. The minimum Gasteiger partial charge on any atom is -0.378 e. The average Bonchev–Trinajstić information content (AvgIpc) is 2.54. The molecule has 126 valence electrons. The number of benzene rings is 1. The number of hydrogen-bond donors (Lipinski definition) is 0. The molecule has 1 amide bonds. The molecule has 0 radical (unpaired) electrons. The van der Waals surface area contributed by atoms with E-state index in [1.54, 1.807) is 11.8 Å². The van der Waals surface area contributed by atoms with Gasteiger partial charge in [0.2, 0.25) is 0 Å². The Morgan fingerprint density at radius 1 is 1.17 bits per heavy atom. The summed E-state index contributed by atoms with van der Waals surface area (Å²) in [5.41, 5.74) is 1.69. The number of nitrogens with zero attached hydrogens (tertiary/aromatic N) is 2. The molecule has 2 saturated heterocycles. The van der Waals surface area contributed by atoms with Gasteiger partial charge in [0.05, 0.1) is 18.5 Å². The van der Waals surface area contributed by atoms with E-state index in [2.05, 4.69) is 4.90 Å². The number of carbonyl (C=O) groups is 1. The first kappa shape index (κ1) is 16.3. The molecular weight excluding hydrogens is 316 g/mol. The van der Waals surface area contributed by atoms with E-state index in [-0.39, 0.29) is 11.7 Å². The van der Waals surface area contributed by atoms with E-state index in [1.807, 2.05) is 24.3 Å². The van der Waals surface area contributed by atoms with E-state index < -0.39 is 15.1 Å². The summed E-state index contributed by atoms with van der Waals surface area (Å²) in [6.07, 6.45) is 0. The lowest BCUT2D eigenvalue weighted by molar-refractivity contribution is 0.0659. The molecule has 0 atom stereocenters. The van der Waals surface area contributed by atoms with Crippen LogP contribution < -0.4 is 4.90 Å². The van der Waals surface area contributed by atoms with Gasteiger partial charge in [-0.1, -0.05) is 6.92 Å². The van der Waals surface area contributed by atoms with Crippen LogP contribution in [0.2, 0.25) is 0 Å². The zero-order valence-corrected chi connectivity index (χ0v) is 14.1. The van der Waals surface area contributed by atoms with Gasteiger partial charge in [-0.2, -0.15) is 0 Å². The molecule has 7 heteroatoms. The number of amides is 1. The van der Waals surface area contributed by atoms with Gasteiger partial charge in [-0.05, 0) is 24.3 Å². The molecule has 3 rings (SSSR count). The van der Waals surface area contributed by atoms with Gasteiger partial charge in [0.1, 0.15) is 0 Å². The molecule has 0 bridgehead atoms. The van der Waals surface area contributed by atoms with E-state index >= 15 is 0 Å². The molecule has 23 heavy (non-hydrogen) atoms. The van der Waals surface area contributed by atoms with Gasteiger partial charge in [-0.25, -0.2) is 8.42 Å². The molecule has 0 spiro atoms. The standard InChI is InChI=1S/C16H22N2O4S/c1-2-23(20,21)15-11-18(12-15)16(19)13-3-5-14(6-4-13)17-7-9-22-10-8-17/h3-6,15H,2,7-12H2,1H3. The van der Waals surface area contributed by atoms with Crippen LogP contribution in [0.1, 0.15) is 17.3 Å². The van der Waals surface area contributed by atoms with E-state index in [4.69, 9.17) is 4.74 Å². The summed E-state index contributed by atoms with van der Waals surface area (Å²) in [4.78, 5) is 16.2. The van der Waals surface area contributed by atoms with Crippen molar-refractivity contribution in [2.45, 2.75) is 12.2 Å². The molecule has 0 aliphatic carbocycles. The fourth-order valence-corrected chi connectivity index (χ4v) is 4.17. The average molecular weight is 338 g/mol. The van der Waals surface area contributed by atoms with Crippen molar-refractivity contribution >= 4 is 21.4 Å². The van der Waals surface area contributed by atoms with E-state index in [9.17, 15) is 13.2 Å². The molecule has 0 unspecified atom stereocenters. The maximum atomic E-state index is 12.4. The monoisotopic (exact) mass is 338 g/mol. The Morgan fingerprint density at radius 2 is 1.78 bits per heavy atom. The third-order valence-electron chi connectivity index (χ3n) is 4.54. The lowest BCUT2D eigenvalue weighted by Crippen LogP contribution is -2.57. The highest BCUT2D eigenvalue weighted by Crippen LogP contribution is 2.22. The molecule has 2 aliphatic rings. The van der Waals surface area contributed by atoms with Crippen LogP contribution in [0.15, 0.2) is 24.3 Å². The topological polar surface area (TPSA) is 66.9 Å². The van der Waals surface area contributed by atoms with Crippen molar-refractivity contribution in [2.24, 2.45) is 0 Å². The molecule has 1 aromatic rings. The van der Waals surface area contributed by atoms with Crippen molar-refractivity contribution < 1.29 is 17.9 Å². The second-order valence-corrected chi connectivity index (χ2v) is 8.50. The highest BCUT2D eigenvalue weighted by molar-refractivity contribution is 7.92. The van der Waals surface area contributed by atoms with Crippen LogP contribution in [0.3, 0.4) is 0 Å². The van der Waals surface area contributed by atoms with Crippen molar-refractivity contribution in [3.63, 3.8) is 0 Å². The maximum Gasteiger partial charge on any atom is 0.253 e. The number of ether oxygens (including phenoxy) is 1. The quantitative estimate of drug-likeness (QED) is 0.812. The Labute approximate surface area is 136 Å². The largest absolute Gasteiger partial charge is 0.378 e. The molecule has 6 nitrogen and oxygen atoms in total. The smallest absolute Gasteiger partial charge is 0.253 e. The van der Waals surface area contributed by atoms with Gasteiger partial charge in [0.25, 0.3) is 5.91 Å². The first-order chi connectivity index (χ1) is 11.0. The van der Waals surface area contributed by atoms with Gasteiger partial charge in [-0.15, -0.1) is 0 Å². The lowest BCUT2D eigenvalue weighted by Gasteiger charge is -2.38. The first-order valence-electron chi connectivity index (χ1n) is 7.95. The molecule has 1 aromatic carbocycles. The fourth-order valence-electron chi connectivity index (χ4n) is 2.89. The summed E-state index contributed by atoms with van der Waals surface area (Å²) in [6.45, 7) is 5.42. The number of rotatable bonds is 4. The highest BCUT2D eigenvalue weighted by atomic mass is 32.2. The minimum atomic E-state index is -3.04. The predicted molar refractivity (Wildman–Crippen MR) is 88.6 cm³/mol. The third kappa shape index (κ3) is 3.35. The summed E-state index contributed by atoms with van der Waals surface area (Å²) < 4.78 is 28.8. The summed E-state index contributed by atoms with van der Waals surface area (Å²) in [6, 6.07) is 7.51. The normalized spacial score (nSPS) is 19.5. The summed E-state index contributed by atoms with van der Waals surface area (Å²) in [7, 11) is -3.04. The summed E-state index contributed by atoms with van der Waals surface area (Å²) >= 11 is 0. The van der Waals surface area contributed by atoms with Crippen molar-refractivity contribution in [3.8, 4) is 0 Å². The van der Waals surface area contributed by atoms with E-state index in [0.717, 1.165) is 32.0 Å². The molecule has 0 saturated carbocycles. The van der Waals surface area contributed by atoms with Crippen LogP contribution >= 0.6 is 0 Å².